The molecule has 0 radical (unpaired) electrons. The van der Waals surface area contributed by atoms with E-state index in [4.69, 9.17) is 11.6 Å². The van der Waals surface area contributed by atoms with Crippen LogP contribution in [0.2, 0.25) is 5.02 Å². The number of hydrogen-bond donors (Lipinski definition) is 1. The third-order valence-electron chi connectivity index (χ3n) is 7.92. The zero-order chi connectivity index (χ0) is 26.9. The maximum atomic E-state index is 13.4. The number of fused-ring (bicyclic) bond motifs is 1. The molecule has 38 heavy (non-hydrogen) atoms. The fourth-order valence-corrected chi connectivity index (χ4v) is 5.71. The molecule has 2 aromatic heterocycles. The van der Waals surface area contributed by atoms with Crippen molar-refractivity contribution in [3.63, 3.8) is 0 Å². The Hall–Kier alpha value is -3.23. The maximum absolute atomic E-state index is 13.4. The van der Waals surface area contributed by atoms with Crippen LogP contribution in [0.5, 0.6) is 0 Å². The topological polar surface area (TPSA) is 91.0 Å². The van der Waals surface area contributed by atoms with Gasteiger partial charge in [0, 0.05) is 56.8 Å². The Morgan fingerprint density at radius 2 is 1.97 bits per heavy atom. The van der Waals surface area contributed by atoms with E-state index in [9.17, 15) is 14.7 Å². The molecule has 3 aromatic rings. The minimum Gasteiger partial charge on any atom is -0.396 e. The number of carbonyl (C=O) groups excluding carboxylic acids is 2. The van der Waals surface area contributed by atoms with Crippen LogP contribution < -0.4 is 4.90 Å². The van der Waals surface area contributed by atoms with Gasteiger partial charge in [0.1, 0.15) is 17.6 Å². The average molecular weight is 536 g/mol. The summed E-state index contributed by atoms with van der Waals surface area (Å²) in [5, 5.41) is 14.7. The van der Waals surface area contributed by atoms with Gasteiger partial charge in [0.25, 0.3) is 0 Å². The van der Waals surface area contributed by atoms with Crippen molar-refractivity contribution in [3.8, 4) is 0 Å². The highest BCUT2D eigenvalue weighted by molar-refractivity contribution is 6.30. The fourth-order valence-electron chi connectivity index (χ4n) is 5.59. The van der Waals surface area contributed by atoms with Crippen LogP contribution in [0.1, 0.15) is 56.6 Å². The first-order valence-electron chi connectivity index (χ1n) is 13.3. The van der Waals surface area contributed by atoms with E-state index in [0.29, 0.717) is 43.9 Å². The van der Waals surface area contributed by atoms with E-state index >= 15 is 0 Å². The van der Waals surface area contributed by atoms with Gasteiger partial charge >= 0.3 is 0 Å². The number of benzene rings is 1. The van der Waals surface area contributed by atoms with E-state index in [2.05, 4.69) is 27.1 Å². The Labute approximate surface area is 227 Å². The first kappa shape index (κ1) is 26.4. The standard InChI is InChI=1S/C29H34ClN5O3/c1-3-27(38)33-11-8-21(9-12-33)23-14-25-28(31-19-32-35(25)16-23)34-17-29(2,18-34)26(37)15-22(10-13-36)20-4-6-24(30)7-5-20/h4-8,14,16,19,22,36H,3,9-13,15,17-18H2,1-2H3/t22-/m1/s1. The molecule has 0 spiro atoms. The highest BCUT2D eigenvalue weighted by Gasteiger charge is 2.46. The second-order valence-corrected chi connectivity index (χ2v) is 11.1. The van der Waals surface area contributed by atoms with Gasteiger partial charge < -0.3 is 14.9 Å². The molecule has 1 saturated heterocycles. The Morgan fingerprint density at radius 1 is 1.21 bits per heavy atom. The molecule has 2 aliphatic heterocycles. The average Bonchev–Trinajstić information content (AvgIpc) is 3.36. The second kappa shape index (κ2) is 10.9. The minimum absolute atomic E-state index is 0.0300. The van der Waals surface area contributed by atoms with Gasteiger partial charge in [0.15, 0.2) is 5.82 Å². The lowest BCUT2D eigenvalue weighted by molar-refractivity contribution is -0.130. The van der Waals surface area contributed by atoms with Crippen LogP contribution in [-0.2, 0) is 9.59 Å². The molecule has 9 heteroatoms. The van der Waals surface area contributed by atoms with Gasteiger partial charge in [-0.15, -0.1) is 0 Å². The van der Waals surface area contributed by atoms with Crippen molar-refractivity contribution in [2.75, 3.05) is 37.7 Å². The molecule has 4 heterocycles. The molecular weight excluding hydrogens is 502 g/mol. The first-order chi connectivity index (χ1) is 18.3. The van der Waals surface area contributed by atoms with Crippen LogP contribution in [0.15, 0.2) is 48.9 Å². The van der Waals surface area contributed by atoms with E-state index in [1.54, 1.807) is 6.33 Å². The molecule has 1 amide bonds. The number of aromatic nitrogens is 3. The molecule has 5 rings (SSSR count). The number of aliphatic hydroxyl groups is 1. The summed E-state index contributed by atoms with van der Waals surface area (Å²) in [6.45, 7) is 6.47. The van der Waals surface area contributed by atoms with Crippen LogP contribution in [0.3, 0.4) is 0 Å². The number of amides is 1. The van der Waals surface area contributed by atoms with Gasteiger partial charge in [-0.1, -0.05) is 36.7 Å². The van der Waals surface area contributed by atoms with Crippen molar-refractivity contribution in [3.05, 3.63) is 65.1 Å². The highest BCUT2D eigenvalue weighted by Crippen LogP contribution is 2.39. The summed E-state index contributed by atoms with van der Waals surface area (Å²) < 4.78 is 1.84. The lowest BCUT2D eigenvalue weighted by Crippen LogP contribution is -2.59. The van der Waals surface area contributed by atoms with Crippen molar-refractivity contribution >= 4 is 40.2 Å². The molecular formula is C29H34ClN5O3. The number of halogens is 1. The molecule has 1 fully saturated rings. The van der Waals surface area contributed by atoms with Crippen LogP contribution in [0.4, 0.5) is 5.82 Å². The van der Waals surface area contributed by atoms with Crippen LogP contribution in [-0.4, -0.2) is 69.1 Å². The summed E-state index contributed by atoms with van der Waals surface area (Å²) in [5.41, 5.74) is 3.75. The SMILES string of the molecule is CCC(=O)N1CC=C(c2cc3c(N4CC(C)(C(=O)C[C@@H](CCO)c5ccc(Cl)cc5)C4)ncnn3c2)CC1. The number of ketones is 1. The van der Waals surface area contributed by atoms with Gasteiger partial charge in [-0.05, 0) is 60.6 Å². The largest absolute Gasteiger partial charge is 0.396 e. The third-order valence-corrected chi connectivity index (χ3v) is 8.18. The number of aliphatic hydroxyl groups excluding tert-OH is 1. The Morgan fingerprint density at radius 3 is 2.63 bits per heavy atom. The van der Waals surface area contributed by atoms with Crippen molar-refractivity contribution in [1.29, 1.82) is 0 Å². The Balaban J connectivity index is 1.28. The summed E-state index contributed by atoms with van der Waals surface area (Å²) in [6.07, 6.45) is 7.95. The molecule has 1 aromatic carbocycles. The van der Waals surface area contributed by atoms with Crippen molar-refractivity contribution in [2.45, 2.75) is 45.4 Å². The minimum atomic E-state index is -0.474. The van der Waals surface area contributed by atoms with E-state index in [0.717, 1.165) is 35.4 Å². The van der Waals surface area contributed by atoms with Crippen molar-refractivity contribution in [2.24, 2.45) is 5.41 Å². The molecule has 0 bridgehead atoms. The molecule has 1 N–H and O–H groups in total. The van der Waals surface area contributed by atoms with Crippen LogP contribution in [0, 0.1) is 5.41 Å². The number of rotatable bonds is 9. The first-order valence-corrected chi connectivity index (χ1v) is 13.6. The van der Waals surface area contributed by atoms with Gasteiger partial charge in [-0.2, -0.15) is 5.10 Å². The summed E-state index contributed by atoms with van der Waals surface area (Å²) in [6, 6.07) is 9.64. The lowest BCUT2D eigenvalue weighted by Gasteiger charge is -2.48. The van der Waals surface area contributed by atoms with E-state index in [1.807, 2.05) is 53.7 Å². The lowest BCUT2D eigenvalue weighted by atomic mass is 9.74. The number of hydrogen-bond acceptors (Lipinski definition) is 6. The zero-order valence-electron chi connectivity index (χ0n) is 21.9. The maximum Gasteiger partial charge on any atom is 0.222 e. The predicted molar refractivity (Wildman–Crippen MR) is 148 cm³/mol. The van der Waals surface area contributed by atoms with Crippen LogP contribution in [0.25, 0.3) is 11.1 Å². The quantitative estimate of drug-likeness (QED) is 0.438. The number of carbonyl (C=O) groups is 2. The molecule has 0 saturated carbocycles. The predicted octanol–water partition coefficient (Wildman–Crippen LogP) is 4.36. The van der Waals surface area contributed by atoms with Gasteiger partial charge in [0.05, 0.1) is 5.41 Å². The van der Waals surface area contributed by atoms with Crippen molar-refractivity contribution in [1.82, 2.24) is 19.5 Å². The molecule has 2 aliphatic rings. The summed E-state index contributed by atoms with van der Waals surface area (Å²) in [5.74, 6) is 1.16. The number of nitrogens with zero attached hydrogens (tertiary/aromatic N) is 5. The zero-order valence-corrected chi connectivity index (χ0v) is 22.7. The van der Waals surface area contributed by atoms with Gasteiger partial charge in [0.2, 0.25) is 5.91 Å². The molecule has 8 nitrogen and oxygen atoms in total. The monoisotopic (exact) mass is 535 g/mol. The van der Waals surface area contributed by atoms with Gasteiger partial charge in [-0.3, -0.25) is 9.59 Å². The van der Waals surface area contributed by atoms with E-state index in [-0.39, 0.29) is 24.2 Å². The number of Topliss-reactive ketones (excluding diaryl/α,β-unsaturated/α-hetero) is 1. The van der Waals surface area contributed by atoms with E-state index in [1.165, 1.54) is 5.57 Å². The summed E-state index contributed by atoms with van der Waals surface area (Å²) in [4.78, 5) is 34.0. The Kier molecular flexibility index (Phi) is 7.54. The normalized spacial score (nSPS) is 17.7. The second-order valence-electron chi connectivity index (χ2n) is 10.6. The Bertz CT molecular complexity index is 1360. The van der Waals surface area contributed by atoms with Gasteiger partial charge in [-0.25, -0.2) is 9.50 Å². The molecule has 200 valence electrons. The summed E-state index contributed by atoms with van der Waals surface area (Å²) in [7, 11) is 0. The summed E-state index contributed by atoms with van der Waals surface area (Å²) >= 11 is 6.04. The van der Waals surface area contributed by atoms with E-state index < -0.39 is 5.41 Å². The smallest absolute Gasteiger partial charge is 0.222 e. The molecule has 0 unspecified atom stereocenters. The third kappa shape index (κ3) is 5.20. The number of anilines is 1. The fraction of sp³-hybridized carbons (Fsp3) is 0.448. The van der Waals surface area contributed by atoms with Crippen LogP contribution >= 0.6 is 11.6 Å². The molecule has 0 aliphatic carbocycles. The molecule has 1 atom stereocenters. The highest BCUT2D eigenvalue weighted by atomic mass is 35.5. The van der Waals surface area contributed by atoms with Crippen molar-refractivity contribution < 1.29 is 14.7 Å².